The molecule has 1 unspecified atom stereocenters. The van der Waals surface area contributed by atoms with Gasteiger partial charge in [-0.2, -0.15) is 0 Å². The molecule has 1 atom stereocenters. The maximum Gasteiger partial charge on any atom is 0.261 e. The van der Waals surface area contributed by atoms with E-state index in [1.165, 1.54) is 29.3 Å². The van der Waals surface area contributed by atoms with E-state index < -0.39 is 0 Å². The second-order valence-electron chi connectivity index (χ2n) is 7.62. The fourth-order valence-corrected chi connectivity index (χ4v) is 4.06. The fraction of sp³-hybridized carbons (Fsp3) is 0.348. The van der Waals surface area contributed by atoms with E-state index in [4.69, 9.17) is 0 Å². The molecule has 6 nitrogen and oxygen atoms in total. The van der Waals surface area contributed by atoms with Crippen LogP contribution in [-0.4, -0.2) is 40.0 Å². The third-order valence-electron chi connectivity index (χ3n) is 5.63. The molecule has 1 aliphatic rings. The molecule has 1 saturated heterocycles. The number of fused-ring (bicyclic) bond motifs is 1. The van der Waals surface area contributed by atoms with Crippen LogP contribution in [0.5, 0.6) is 0 Å². The van der Waals surface area contributed by atoms with Gasteiger partial charge >= 0.3 is 0 Å². The maximum absolute atomic E-state index is 12.7. The number of rotatable bonds is 6. The van der Waals surface area contributed by atoms with Crippen molar-refractivity contribution in [3.8, 4) is 0 Å². The van der Waals surface area contributed by atoms with Crippen molar-refractivity contribution in [2.45, 2.75) is 32.4 Å². The lowest BCUT2D eigenvalue weighted by Gasteiger charge is -2.28. The van der Waals surface area contributed by atoms with Gasteiger partial charge in [0.25, 0.3) is 5.56 Å². The van der Waals surface area contributed by atoms with Gasteiger partial charge < -0.3 is 5.32 Å². The molecule has 1 fully saturated rings. The Morgan fingerprint density at radius 3 is 2.62 bits per heavy atom. The van der Waals surface area contributed by atoms with E-state index in [0.717, 1.165) is 18.7 Å². The van der Waals surface area contributed by atoms with Crippen LogP contribution in [0.25, 0.3) is 10.9 Å². The van der Waals surface area contributed by atoms with Crippen LogP contribution >= 0.6 is 0 Å². The molecule has 1 aromatic heterocycles. The lowest BCUT2D eigenvalue weighted by molar-refractivity contribution is -0.122. The van der Waals surface area contributed by atoms with Gasteiger partial charge in [0.15, 0.2) is 0 Å². The predicted octanol–water partition coefficient (Wildman–Crippen LogP) is 2.66. The zero-order valence-corrected chi connectivity index (χ0v) is 16.7. The second-order valence-corrected chi connectivity index (χ2v) is 7.62. The lowest BCUT2D eigenvalue weighted by atomic mass is 10.1. The van der Waals surface area contributed by atoms with Crippen molar-refractivity contribution in [1.29, 1.82) is 0 Å². The first kappa shape index (κ1) is 19.3. The fourth-order valence-electron chi connectivity index (χ4n) is 4.06. The number of nitrogens with zero attached hydrogens (tertiary/aromatic N) is 3. The van der Waals surface area contributed by atoms with Crippen LogP contribution in [0.4, 0.5) is 0 Å². The highest BCUT2D eigenvalue weighted by atomic mass is 16.2. The van der Waals surface area contributed by atoms with E-state index in [-0.39, 0.29) is 24.1 Å². The molecule has 1 N–H and O–H groups in total. The summed E-state index contributed by atoms with van der Waals surface area (Å²) in [4.78, 5) is 32.1. The number of benzene rings is 2. The zero-order chi connectivity index (χ0) is 20.2. The highest BCUT2D eigenvalue weighted by Crippen LogP contribution is 2.24. The standard InChI is InChI=1S/C23H26N4O2/c1-17-8-7-11-19-22(17)25-16-27(23(19)29)15-21(28)24-14-20(26-12-5-6-13-26)18-9-3-2-4-10-18/h2-4,7-11,16,20H,5-6,12-15H2,1H3,(H,24,28). The van der Waals surface area contributed by atoms with E-state index in [2.05, 4.69) is 27.3 Å². The third kappa shape index (κ3) is 4.22. The number of likely N-dealkylation sites (tertiary alicyclic amines) is 1. The van der Waals surface area contributed by atoms with Crippen molar-refractivity contribution in [3.05, 3.63) is 76.3 Å². The molecule has 29 heavy (non-hydrogen) atoms. The Hall–Kier alpha value is -2.99. The van der Waals surface area contributed by atoms with E-state index in [1.54, 1.807) is 6.07 Å². The number of aryl methyl sites for hydroxylation is 1. The zero-order valence-electron chi connectivity index (χ0n) is 16.7. The van der Waals surface area contributed by atoms with Crippen LogP contribution in [0.1, 0.15) is 30.0 Å². The molecule has 1 aliphatic heterocycles. The molecule has 0 radical (unpaired) electrons. The van der Waals surface area contributed by atoms with Gasteiger partial charge in [-0.25, -0.2) is 4.98 Å². The molecule has 0 bridgehead atoms. The Labute approximate surface area is 170 Å². The normalized spacial score (nSPS) is 15.5. The highest BCUT2D eigenvalue weighted by molar-refractivity contribution is 5.81. The minimum Gasteiger partial charge on any atom is -0.353 e. The molecule has 0 saturated carbocycles. The molecule has 6 heteroatoms. The van der Waals surface area contributed by atoms with E-state index >= 15 is 0 Å². The van der Waals surface area contributed by atoms with Crippen molar-refractivity contribution >= 4 is 16.8 Å². The summed E-state index contributed by atoms with van der Waals surface area (Å²) in [6.07, 6.45) is 3.84. The van der Waals surface area contributed by atoms with Crippen LogP contribution in [0.3, 0.4) is 0 Å². The molecule has 0 aliphatic carbocycles. The van der Waals surface area contributed by atoms with Crippen molar-refractivity contribution in [1.82, 2.24) is 19.8 Å². The van der Waals surface area contributed by atoms with E-state index in [1.807, 2.05) is 37.3 Å². The van der Waals surface area contributed by atoms with Gasteiger partial charge in [0.2, 0.25) is 5.91 Å². The van der Waals surface area contributed by atoms with Gasteiger partial charge in [-0.05, 0) is 50.0 Å². The van der Waals surface area contributed by atoms with Gasteiger partial charge in [0, 0.05) is 6.54 Å². The summed E-state index contributed by atoms with van der Waals surface area (Å²) in [7, 11) is 0. The summed E-state index contributed by atoms with van der Waals surface area (Å²) in [5, 5.41) is 3.57. The molecule has 4 rings (SSSR count). The molecule has 3 aromatic rings. The summed E-state index contributed by atoms with van der Waals surface area (Å²) in [6.45, 7) is 4.51. The van der Waals surface area contributed by atoms with Crippen LogP contribution < -0.4 is 10.9 Å². The Balaban J connectivity index is 1.47. The lowest BCUT2D eigenvalue weighted by Crippen LogP contribution is -2.39. The quantitative estimate of drug-likeness (QED) is 0.703. The first-order valence-corrected chi connectivity index (χ1v) is 10.1. The third-order valence-corrected chi connectivity index (χ3v) is 5.63. The van der Waals surface area contributed by atoms with Gasteiger partial charge in [0.1, 0.15) is 6.54 Å². The van der Waals surface area contributed by atoms with Crippen LogP contribution in [0, 0.1) is 6.92 Å². The number of hydrogen-bond acceptors (Lipinski definition) is 4. The largest absolute Gasteiger partial charge is 0.353 e. The van der Waals surface area contributed by atoms with Crippen molar-refractivity contribution in [2.24, 2.45) is 0 Å². The highest BCUT2D eigenvalue weighted by Gasteiger charge is 2.23. The van der Waals surface area contributed by atoms with Gasteiger partial charge in [-0.3, -0.25) is 19.1 Å². The van der Waals surface area contributed by atoms with Crippen LogP contribution in [0.2, 0.25) is 0 Å². The molecule has 1 amide bonds. The smallest absolute Gasteiger partial charge is 0.261 e. The summed E-state index contributed by atoms with van der Waals surface area (Å²) in [6, 6.07) is 15.9. The van der Waals surface area contributed by atoms with Crippen molar-refractivity contribution < 1.29 is 4.79 Å². The van der Waals surface area contributed by atoms with Gasteiger partial charge in [-0.1, -0.05) is 42.5 Å². The monoisotopic (exact) mass is 390 g/mol. The molecule has 150 valence electrons. The summed E-state index contributed by atoms with van der Waals surface area (Å²) >= 11 is 0. The summed E-state index contributed by atoms with van der Waals surface area (Å²) < 4.78 is 1.38. The number of amides is 1. The summed E-state index contributed by atoms with van der Waals surface area (Å²) in [5.74, 6) is -0.180. The van der Waals surface area contributed by atoms with Gasteiger partial charge in [0.05, 0.1) is 23.3 Å². The Bertz CT molecular complexity index is 1060. The maximum atomic E-state index is 12.7. The van der Waals surface area contributed by atoms with Crippen molar-refractivity contribution in [3.63, 3.8) is 0 Å². The predicted molar refractivity (Wildman–Crippen MR) is 114 cm³/mol. The van der Waals surface area contributed by atoms with Gasteiger partial charge in [-0.15, -0.1) is 0 Å². The second kappa shape index (κ2) is 8.57. The average molecular weight is 390 g/mol. The number of carbonyl (C=O) groups excluding carboxylic acids is 1. The Kier molecular flexibility index (Phi) is 5.71. The van der Waals surface area contributed by atoms with Crippen LogP contribution in [0.15, 0.2) is 59.7 Å². The SMILES string of the molecule is Cc1cccc2c(=O)n(CC(=O)NCC(c3ccccc3)N3CCCC3)cnc12. The number of nitrogens with one attached hydrogen (secondary N) is 1. The van der Waals surface area contributed by atoms with E-state index in [0.29, 0.717) is 17.4 Å². The Morgan fingerprint density at radius 1 is 1.10 bits per heavy atom. The number of carbonyl (C=O) groups is 1. The first-order chi connectivity index (χ1) is 14.1. The summed E-state index contributed by atoms with van der Waals surface area (Å²) in [5.41, 5.74) is 2.66. The van der Waals surface area contributed by atoms with Crippen molar-refractivity contribution in [2.75, 3.05) is 19.6 Å². The Morgan fingerprint density at radius 2 is 1.86 bits per heavy atom. The molecule has 2 aromatic carbocycles. The molecular weight excluding hydrogens is 364 g/mol. The number of hydrogen-bond donors (Lipinski definition) is 1. The number of aromatic nitrogens is 2. The average Bonchev–Trinajstić information content (AvgIpc) is 3.26. The topological polar surface area (TPSA) is 67.2 Å². The molecule has 2 heterocycles. The van der Waals surface area contributed by atoms with Crippen LogP contribution in [-0.2, 0) is 11.3 Å². The minimum atomic E-state index is -0.187. The van der Waals surface area contributed by atoms with E-state index in [9.17, 15) is 9.59 Å². The first-order valence-electron chi connectivity index (χ1n) is 10.1. The molecular formula is C23H26N4O2. The molecule has 0 spiro atoms. The minimum absolute atomic E-state index is 0.0305. The number of para-hydroxylation sites is 1.